The molecule has 3 N–H and O–H groups in total. The molecule has 0 atom stereocenters. The maximum atomic E-state index is 12.8. The number of hydrogen-bond donors (Lipinski definition) is 2. The van der Waals surface area contributed by atoms with E-state index in [9.17, 15) is 4.79 Å². The van der Waals surface area contributed by atoms with Crippen molar-refractivity contribution in [1.82, 2.24) is 5.32 Å². The number of amides is 1. The minimum absolute atomic E-state index is 0. The molecule has 0 aliphatic heterocycles. The lowest BCUT2D eigenvalue weighted by molar-refractivity contribution is 0.0956. The molecular formula is C21H25ClN2O. The number of nitrogens with one attached hydrogen (secondary N) is 1. The topological polar surface area (TPSA) is 55.1 Å². The third kappa shape index (κ3) is 4.50. The summed E-state index contributed by atoms with van der Waals surface area (Å²) in [6.45, 7) is 1.45. The largest absolute Gasteiger partial charge is 0.352 e. The molecule has 1 amide bonds. The van der Waals surface area contributed by atoms with Gasteiger partial charge in [0.1, 0.15) is 0 Å². The third-order valence-corrected chi connectivity index (χ3v) is 4.41. The lowest BCUT2D eigenvalue weighted by Gasteiger charge is -2.12. The minimum atomic E-state index is 0. The van der Waals surface area contributed by atoms with Crippen LogP contribution < -0.4 is 11.1 Å². The average Bonchev–Trinajstić information content (AvgIpc) is 2.62. The Labute approximate surface area is 155 Å². The van der Waals surface area contributed by atoms with E-state index in [-0.39, 0.29) is 18.3 Å². The van der Waals surface area contributed by atoms with Gasteiger partial charge in [-0.1, -0.05) is 61.4 Å². The first-order valence-electron chi connectivity index (χ1n) is 8.70. The average molecular weight is 357 g/mol. The highest BCUT2D eigenvalue weighted by molar-refractivity contribution is 6.18. The van der Waals surface area contributed by atoms with Gasteiger partial charge in [0.25, 0.3) is 5.91 Å². The van der Waals surface area contributed by atoms with E-state index in [2.05, 4.69) is 23.5 Å². The molecule has 0 bridgehead atoms. The molecule has 0 heterocycles. The number of carbonyl (C=O) groups excluding carboxylic acids is 1. The summed E-state index contributed by atoms with van der Waals surface area (Å²) in [5.74, 6) is 0.0156. The number of benzene rings is 3. The van der Waals surface area contributed by atoms with Gasteiger partial charge in [0.2, 0.25) is 0 Å². The lowest BCUT2D eigenvalue weighted by atomic mass is 9.96. The van der Waals surface area contributed by atoms with Crippen LogP contribution in [-0.4, -0.2) is 19.0 Å². The van der Waals surface area contributed by atoms with E-state index in [1.807, 2.05) is 36.4 Å². The zero-order valence-corrected chi connectivity index (χ0v) is 15.1. The van der Waals surface area contributed by atoms with Gasteiger partial charge in [0.15, 0.2) is 0 Å². The highest BCUT2D eigenvalue weighted by Crippen LogP contribution is 2.28. The van der Waals surface area contributed by atoms with E-state index in [0.29, 0.717) is 6.54 Å². The Kier molecular flexibility index (Phi) is 7.23. The number of hydrogen-bond acceptors (Lipinski definition) is 2. The van der Waals surface area contributed by atoms with Crippen molar-refractivity contribution >= 4 is 39.9 Å². The molecule has 3 rings (SSSR count). The van der Waals surface area contributed by atoms with Crippen LogP contribution in [0.3, 0.4) is 0 Å². The van der Waals surface area contributed by atoms with E-state index < -0.39 is 0 Å². The lowest BCUT2D eigenvalue weighted by Crippen LogP contribution is -2.25. The Bertz CT molecular complexity index is 794. The van der Waals surface area contributed by atoms with Crippen LogP contribution in [0.4, 0.5) is 0 Å². The van der Waals surface area contributed by atoms with Gasteiger partial charge in [-0.2, -0.15) is 0 Å². The summed E-state index contributed by atoms with van der Waals surface area (Å²) in [5.41, 5.74) is 6.29. The van der Waals surface area contributed by atoms with Gasteiger partial charge in [-0.3, -0.25) is 4.79 Å². The second-order valence-corrected chi connectivity index (χ2v) is 6.15. The second kappa shape index (κ2) is 9.40. The molecule has 0 radical (unpaired) electrons. The van der Waals surface area contributed by atoms with Crippen molar-refractivity contribution in [2.45, 2.75) is 25.7 Å². The summed E-state index contributed by atoms with van der Waals surface area (Å²) in [4.78, 5) is 12.8. The molecular weight excluding hydrogens is 332 g/mol. The fourth-order valence-electron chi connectivity index (χ4n) is 3.17. The first-order chi connectivity index (χ1) is 11.8. The molecule has 3 aromatic carbocycles. The van der Waals surface area contributed by atoms with Crippen LogP contribution in [0.5, 0.6) is 0 Å². The summed E-state index contributed by atoms with van der Waals surface area (Å²) in [7, 11) is 0. The molecule has 4 heteroatoms. The van der Waals surface area contributed by atoms with Crippen molar-refractivity contribution in [3.8, 4) is 0 Å². The Morgan fingerprint density at radius 3 is 2.00 bits per heavy atom. The number of rotatable bonds is 7. The monoisotopic (exact) mass is 356 g/mol. The smallest absolute Gasteiger partial charge is 0.252 e. The molecule has 0 saturated carbocycles. The summed E-state index contributed by atoms with van der Waals surface area (Å²) in [6, 6.07) is 18.3. The first kappa shape index (κ1) is 19.2. The molecule has 0 fully saturated rings. The van der Waals surface area contributed by atoms with Crippen LogP contribution in [0.1, 0.15) is 36.0 Å². The van der Waals surface area contributed by atoms with Gasteiger partial charge < -0.3 is 11.1 Å². The predicted molar refractivity (Wildman–Crippen MR) is 109 cm³/mol. The molecule has 25 heavy (non-hydrogen) atoms. The van der Waals surface area contributed by atoms with Gasteiger partial charge in [-0.15, -0.1) is 12.4 Å². The van der Waals surface area contributed by atoms with Crippen molar-refractivity contribution in [1.29, 1.82) is 0 Å². The van der Waals surface area contributed by atoms with Gasteiger partial charge in [0.05, 0.1) is 5.56 Å². The molecule has 0 aliphatic rings. The van der Waals surface area contributed by atoms with Gasteiger partial charge in [-0.05, 0) is 47.0 Å². The van der Waals surface area contributed by atoms with Crippen molar-refractivity contribution < 1.29 is 4.79 Å². The molecule has 3 aromatic rings. The van der Waals surface area contributed by atoms with Gasteiger partial charge >= 0.3 is 0 Å². The van der Waals surface area contributed by atoms with Crippen LogP contribution >= 0.6 is 12.4 Å². The zero-order valence-electron chi connectivity index (χ0n) is 14.3. The minimum Gasteiger partial charge on any atom is -0.352 e. The molecule has 0 saturated heterocycles. The molecule has 0 unspecified atom stereocenters. The molecule has 0 spiro atoms. The maximum absolute atomic E-state index is 12.8. The van der Waals surface area contributed by atoms with Crippen molar-refractivity contribution in [3.05, 3.63) is 60.2 Å². The van der Waals surface area contributed by atoms with Crippen molar-refractivity contribution in [2.24, 2.45) is 5.73 Å². The Hall–Kier alpha value is -2.10. The van der Waals surface area contributed by atoms with E-state index in [4.69, 9.17) is 5.73 Å². The van der Waals surface area contributed by atoms with Crippen LogP contribution in [0.25, 0.3) is 21.5 Å². The fraction of sp³-hybridized carbons (Fsp3) is 0.286. The molecule has 3 nitrogen and oxygen atoms in total. The molecule has 132 valence electrons. The van der Waals surface area contributed by atoms with Crippen molar-refractivity contribution in [3.63, 3.8) is 0 Å². The Morgan fingerprint density at radius 2 is 1.40 bits per heavy atom. The standard InChI is InChI=1S/C21H24N2O.ClH/c22-13-7-1-2-8-14-23-21(24)20-18-11-5-3-9-16(18)15-17-10-4-6-12-19(17)20;/h3-6,9-12,15H,1-2,7-8,13-14,22H2,(H,23,24);1H. The summed E-state index contributed by atoms with van der Waals surface area (Å²) in [5, 5.41) is 7.31. The van der Waals surface area contributed by atoms with E-state index in [1.165, 1.54) is 0 Å². The van der Waals surface area contributed by atoms with Crippen LogP contribution in [0.2, 0.25) is 0 Å². The van der Waals surface area contributed by atoms with Crippen molar-refractivity contribution in [2.75, 3.05) is 13.1 Å². The number of carbonyl (C=O) groups is 1. The van der Waals surface area contributed by atoms with Crippen LogP contribution in [0.15, 0.2) is 54.6 Å². The number of halogens is 1. The number of unbranched alkanes of at least 4 members (excludes halogenated alkanes) is 3. The van der Waals surface area contributed by atoms with Crippen LogP contribution in [0, 0.1) is 0 Å². The summed E-state index contributed by atoms with van der Waals surface area (Å²) < 4.78 is 0. The Balaban J connectivity index is 0.00000225. The van der Waals surface area contributed by atoms with Gasteiger partial charge in [-0.25, -0.2) is 0 Å². The zero-order chi connectivity index (χ0) is 16.8. The Morgan fingerprint density at radius 1 is 0.840 bits per heavy atom. The fourth-order valence-corrected chi connectivity index (χ4v) is 3.17. The maximum Gasteiger partial charge on any atom is 0.252 e. The summed E-state index contributed by atoms with van der Waals surface area (Å²) >= 11 is 0. The predicted octanol–water partition coefficient (Wildman–Crippen LogP) is 4.66. The van der Waals surface area contributed by atoms with E-state index >= 15 is 0 Å². The van der Waals surface area contributed by atoms with Gasteiger partial charge in [0, 0.05) is 6.54 Å². The highest BCUT2D eigenvalue weighted by atomic mass is 35.5. The first-order valence-corrected chi connectivity index (χ1v) is 8.70. The normalized spacial score (nSPS) is 10.6. The van der Waals surface area contributed by atoms with Crippen LogP contribution in [-0.2, 0) is 0 Å². The number of fused-ring (bicyclic) bond motifs is 2. The molecule has 0 aliphatic carbocycles. The van der Waals surface area contributed by atoms with E-state index in [0.717, 1.165) is 59.3 Å². The number of nitrogens with two attached hydrogens (primary N) is 1. The molecule has 0 aromatic heterocycles. The third-order valence-electron chi connectivity index (χ3n) is 4.41. The highest BCUT2D eigenvalue weighted by Gasteiger charge is 2.14. The second-order valence-electron chi connectivity index (χ2n) is 6.15. The quantitative estimate of drug-likeness (QED) is 0.477. The SMILES string of the molecule is Cl.NCCCCCCNC(=O)c1c2ccccc2cc2ccccc12. The summed E-state index contributed by atoms with van der Waals surface area (Å²) in [6.07, 6.45) is 4.29. The van der Waals surface area contributed by atoms with E-state index in [1.54, 1.807) is 0 Å².